The summed E-state index contributed by atoms with van der Waals surface area (Å²) >= 11 is 0. The van der Waals surface area contributed by atoms with Gasteiger partial charge in [0.25, 0.3) is 0 Å². The van der Waals surface area contributed by atoms with Crippen LogP contribution in [0.4, 0.5) is 26.3 Å². The van der Waals surface area contributed by atoms with E-state index in [4.69, 9.17) is 4.74 Å². The van der Waals surface area contributed by atoms with E-state index in [1.807, 2.05) is 0 Å². The van der Waals surface area contributed by atoms with Crippen LogP contribution >= 0.6 is 0 Å². The molecule has 33 heavy (non-hydrogen) atoms. The van der Waals surface area contributed by atoms with Gasteiger partial charge in [-0.3, -0.25) is 9.53 Å². The predicted octanol–water partition coefficient (Wildman–Crippen LogP) is 4.63. The third kappa shape index (κ3) is 7.32. The molecule has 0 atom stereocenters. The van der Waals surface area contributed by atoms with Crippen molar-refractivity contribution in [1.29, 1.82) is 0 Å². The first-order valence-corrected chi connectivity index (χ1v) is 9.93. The molecule has 180 valence electrons. The van der Waals surface area contributed by atoms with E-state index in [0.29, 0.717) is 23.4 Å². The second-order valence-electron chi connectivity index (χ2n) is 7.50. The Morgan fingerprint density at radius 1 is 1.18 bits per heavy atom. The van der Waals surface area contributed by atoms with Crippen LogP contribution in [0.15, 0.2) is 43.4 Å². The number of rotatable bonds is 9. The fourth-order valence-corrected chi connectivity index (χ4v) is 3.16. The van der Waals surface area contributed by atoms with Crippen molar-refractivity contribution in [3.05, 3.63) is 48.9 Å². The third-order valence-electron chi connectivity index (χ3n) is 4.97. The number of ether oxygens (including phenoxy) is 2. The highest BCUT2D eigenvalue weighted by molar-refractivity contribution is 5.77. The zero-order valence-electron chi connectivity index (χ0n) is 17.2. The molecule has 1 aromatic carbocycles. The molecule has 0 bridgehead atoms. The number of aromatic nitrogens is 2. The van der Waals surface area contributed by atoms with E-state index in [1.165, 1.54) is 18.5 Å². The van der Waals surface area contributed by atoms with Crippen molar-refractivity contribution in [1.82, 2.24) is 14.9 Å². The lowest BCUT2D eigenvalue weighted by Gasteiger charge is -2.34. The summed E-state index contributed by atoms with van der Waals surface area (Å²) in [6, 6.07) is 4.81. The number of hydrogen-bond acceptors (Lipinski definition) is 4. The van der Waals surface area contributed by atoms with Crippen molar-refractivity contribution in [3.8, 4) is 11.3 Å². The van der Waals surface area contributed by atoms with Gasteiger partial charge in [0.15, 0.2) is 0 Å². The van der Waals surface area contributed by atoms with Gasteiger partial charge in [0.05, 0.1) is 29.8 Å². The highest BCUT2D eigenvalue weighted by Gasteiger charge is 2.40. The Morgan fingerprint density at radius 2 is 1.91 bits per heavy atom. The first kappa shape index (κ1) is 24.8. The van der Waals surface area contributed by atoms with Gasteiger partial charge in [0.2, 0.25) is 5.91 Å². The number of alkyl halides is 6. The Labute approximate surface area is 185 Å². The van der Waals surface area contributed by atoms with Crippen molar-refractivity contribution in [2.45, 2.75) is 44.0 Å². The van der Waals surface area contributed by atoms with Gasteiger partial charge in [-0.1, -0.05) is 18.7 Å². The smallest absolute Gasteiger partial charge is 0.368 e. The second kappa shape index (κ2) is 9.96. The molecule has 1 aliphatic carbocycles. The van der Waals surface area contributed by atoms with E-state index in [9.17, 15) is 31.1 Å². The zero-order chi connectivity index (χ0) is 24.2. The number of hydrogen-bond donors (Lipinski definition) is 1. The molecule has 1 fully saturated rings. The average molecular weight is 477 g/mol. The zero-order valence-corrected chi connectivity index (χ0v) is 17.2. The first-order valence-electron chi connectivity index (χ1n) is 9.93. The minimum absolute atomic E-state index is 0.0679. The number of carbonyl (C=O) groups excluding carboxylic acids is 1. The Hall–Kier alpha value is -2.86. The van der Waals surface area contributed by atoms with Crippen LogP contribution in [0.2, 0.25) is 0 Å². The summed E-state index contributed by atoms with van der Waals surface area (Å²) in [6.07, 6.45) is -7.13. The molecule has 0 radical (unpaired) electrons. The number of halogens is 6. The summed E-state index contributed by atoms with van der Waals surface area (Å²) in [5.74, 6) is -0.432. The number of carbonyl (C=O) groups is 1. The van der Waals surface area contributed by atoms with Crippen molar-refractivity contribution in [2.24, 2.45) is 0 Å². The van der Waals surface area contributed by atoms with Gasteiger partial charge < -0.3 is 14.6 Å². The maximum atomic E-state index is 12.9. The van der Waals surface area contributed by atoms with E-state index >= 15 is 0 Å². The summed E-state index contributed by atoms with van der Waals surface area (Å²) in [7, 11) is 0. The molecule has 12 heteroatoms. The van der Waals surface area contributed by atoms with Crippen LogP contribution in [0.25, 0.3) is 17.0 Å². The highest BCUT2D eigenvalue weighted by Crippen LogP contribution is 2.33. The highest BCUT2D eigenvalue weighted by atomic mass is 19.4. The van der Waals surface area contributed by atoms with Crippen LogP contribution in [0.5, 0.6) is 0 Å². The summed E-state index contributed by atoms with van der Waals surface area (Å²) in [4.78, 5) is 15.9. The van der Waals surface area contributed by atoms with Crippen molar-refractivity contribution < 1.29 is 40.6 Å². The molecule has 0 aliphatic heterocycles. The number of imidazole rings is 1. The summed E-state index contributed by atoms with van der Waals surface area (Å²) < 4.78 is 85.5. The van der Waals surface area contributed by atoms with Crippen LogP contribution in [0.1, 0.15) is 24.8 Å². The standard InChI is InChI=1S/C21H21F6N3O3/c1-13(5-6-28-19(31)11-32-16-8-17(9-16)33-21(25,26)27)30-10-18(29-12-30)14-3-2-4-15(7-14)20(22,23)24/h2-4,7,10,12,16-17H,1,5-6,8-9,11H2,(H,28,31). The van der Waals surface area contributed by atoms with Crippen LogP contribution in [-0.4, -0.2) is 47.2 Å². The van der Waals surface area contributed by atoms with Gasteiger partial charge in [-0.15, -0.1) is 13.2 Å². The topological polar surface area (TPSA) is 65.4 Å². The Balaban J connectivity index is 1.39. The SMILES string of the molecule is C=C(CCNC(=O)COC1CC(OC(F)(F)F)C1)n1cnc(-c2cccc(C(F)(F)F)c2)c1. The van der Waals surface area contributed by atoms with Crippen LogP contribution < -0.4 is 5.32 Å². The van der Waals surface area contributed by atoms with E-state index in [1.54, 1.807) is 10.8 Å². The minimum Gasteiger partial charge on any atom is -0.368 e. The molecule has 6 nitrogen and oxygen atoms in total. The monoisotopic (exact) mass is 477 g/mol. The Kier molecular flexibility index (Phi) is 7.48. The molecular weight excluding hydrogens is 456 g/mol. The average Bonchev–Trinajstić information content (AvgIpc) is 3.18. The van der Waals surface area contributed by atoms with Gasteiger partial charge in [0.1, 0.15) is 6.61 Å². The van der Waals surface area contributed by atoms with Crippen LogP contribution in [0, 0.1) is 0 Å². The number of amides is 1. The Morgan fingerprint density at radius 3 is 2.58 bits per heavy atom. The number of nitrogens with zero attached hydrogens (tertiary/aromatic N) is 2. The largest absolute Gasteiger partial charge is 0.522 e. The summed E-state index contributed by atoms with van der Waals surface area (Å²) in [5, 5.41) is 2.60. The molecule has 0 spiro atoms. The van der Waals surface area contributed by atoms with Gasteiger partial charge >= 0.3 is 12.5 Å². The van der Waals surface area contributed by atoms with E-state index in [2.05, 4.69) is 21.6 Å². The van der Waals surface area contributed by atoms with Gasteiger partial charge in [-0.05, 0) is 12.1 Å². The summed E-state index contributed by atoms with van der Waals surface area (Å²) in [5.41, 5.74) is 0.422. The van der Waals surface area contributed by atoms with Crippen molar-refractivity contribution in [3.63, 3.8) is 0 Å². The van der Waals surface area contributed by atoms with Crippen LogP contribution in [-0.2, 0) is 20.4 Å². The Bertz CT molecular complexity index is 980. The fourth-order valence-electron chi connectivity index (χ4n) is 3.16. The quantitative estimate of drug-likeness (QED) is 0.535. The lowest BCUT2D eigenvalue weighted by molar-refractivity contribution is -0.357. The third-order valence-corrected chi connectivity index (χ3v) is 4.97. The molecule has 1 aliphatic rings. The lowest BCUT2D eigenvalue weighted by atomic mass is 9.92. The van der Waals surface area contributed by atoms with Gasteiger partial charge in [-0.25, -0.2) is 4.98 Å². The molecule has 1 saturated carbocycles. The molecule has 3 rings (SSSR count). The van der Waals surface area contributed by atoms with Crippen LogP contribution in [0.3, 0.4) is 0 Å². The maximum absolute atomic E-state index is 12.9. The molecule has 1 heterocycles. The second-order valence-corrected chi connectivity index (χ2v) is 7.50. The number of benzene rings is 1. The maximum Gasteiger partial charge on any atom is 0.522 e. The number of nitrogens with one attached hydrogen (secondary N) is 1. The fraction of sp³-hybridized carbons (Fsp3) is 0.429. The lowest BCUT2D eigenvalue weighted by Crippen LogP contribution is -2.42. The molecule has 1 N–H and O–H groups in total. The van der Waals surface area contributed by atoms with E-state index in [0.717, 1.165) is 12.1 Å². The predicted molar refractivity (Wildman–Crippen MR) is 106 cm³/mol. The summed E-state index contributed by atoms with van der Waals surface area (Å²) in [6.45, 7) is 3.79. The molecular formula is C21H21F6N3O3. The van der Waals surface area contributed by atoms with Crippen molar-refractivity contribution >= 4 is 11.6 Å². The van der Waals surface area contributed by atoms with E-state index in [-0.39, 0.29) is 26.0 Å². The van der Waals surface area contributed by atoms with Crippen molar-refractivity contribution in [2.75, 3.05) is 13.2 Å². The molecule has 1 amide bonds. The van der Waals surface area contributed by atoms with Gasteiger partial charge in [0, 0.05) is 43.3 Å². The molecule has 0 saturated heterocycles. The first-order chi connectivity index (χ1) is 15.4. The minimum atomic E-state index is -4.68. The normalized spacial score (nSPS) is 18.6. The van der Waals surface area contributed by atoms with Gasteiger partial charge in [-0.2, -0.15) is 13.2 Å². The molecule has 0 unspecified atom stereocenters. The molecule has 2 aromatic rings. The molecule has 1 aromatic heterocycles. The van der Waals surface area contributed by atoms with E-state index < -0.39 is 36.2 Å².